The minimum absolute atomic E-state index is 0.00212. The molecular formula is C55H103N2O6P. The Kier molecular flexibility index (Phi) is 45.0. The van der Waals surface area contributed by atoms with Gasteiger partial charge in [-0.1, -0.05) is 229 Å². The van der Waals surface area contributed by atoms with Crippen molar-refractivity contribution in [1.29, 1.82) is 0 Å². The van der Waals surface area contributed by atoms with Crippen molar-refractivity contribution in [2.45, 2.75) is 244 Å². The summed E-state index contributed by atoms with van der Waals surface area (Å²) >= 11 is 0. The molecule has 0 radical (unpaired) electrons. The summed E-state index contributed by atoms with van der Waals surface area (Å²) in [6, 6.07) is -0.888. The molecule has 0 aromatic rings. The van der Waals surface area contributed by atoms with Crippen molar-refractivity contribution in [3.63, 3.8) is 0 Å². The second-order valence-electron chi connectivity index (χ2n) is 19.2. The Balaban J connectivity index is 4.19. The molecule has 374 valence electrons. The van der Waals surface area contributed by atoms with E-state index in [1.165, 1.54) is 148 Å². The number of unbranched alkanes of at least 4 members (excludes halogenated alkanes) is 27. The molecule has 1 amide bonds. The van der Waals surface area contributed by atoms with Gasteiger partial charge in [0, 0.05) is 6.42 Å². The number of rotatable bonds is 48. The van der Waals surface area contributed by atoms with Crippen LogP contribution in [0.2, 0.25) is 0 Å². The number of aliphatic hydroxyl groups excluding tert-OH is 1. The average molecular weight is 919 g/mol. The molecule has 0 saturated heterocycles. The maximum absolute atomic E-state index is 12.9. The van der Waals surface area contributed by atoms with Crippen LogP contribution < -0.4 is 10.2 Å². The van der Waals surface area contributed by atoms with Crippen LogP contribution in [0.25, 0.3) is 0 Å². The molecule has 0 heterocycles. The predicted molar refractivity (Wildman–Crippen MR) is 274 cm³/mol. The number of phosphoric ester groups is 1. The van der Waals surface area contributed by atoms with E-state index in [1.54, 1.807) is 6.08 Å². The zero-order valence-electron chi connectivity index (χ0n) is 42.5. The van der Waals surface area contributed by atoms with Crippen molar-refractivity contribution in [3.05, 3.63) is 60.8 Å². The first-order valence-corrected chi connectivity index (χ1v) is 28.1. The van der Waals surface area contributed by atoms with Gasteiger partial charge < -0.3 is 28.8 Å². The Morgan fingerprint density at radius 2 is 0.953 bits per heavy atom. The Morgan fingerprint density at radius 1 is 0.562 bits per heavy atom. The SMILES string of the molecule is CC/C=C\C/C=C\C/C=C\C/C=C\CCCCCCCCCCCCCCCCC(=O)NC(COP(=O)([O-])OCC[N+](C)(C)C)C(O)/C=C/CCCCCCCCCCCCCCC. The number of carbonyl (C=O) groups is 1. The summed E-state index contributed by atoms with van der Waals surface area (Å²) in [6.45, 7) is 4.54. The van der Waals surface area contributed by atoms with E-state index in [0.29, 0.717) is 17.4 Å². The molecule has 0 fully saturated rings. The van der Waals surface area contributed by atoms with Gasteiger partial charge in [0.2, 0.25) is 5.91 Å². The molecule has 3 unspecified atom stereocenters. The third kappa shape index (κ3) is 48.1. The van der Waals surface area contributed by atoms with Gasteiger partial charge in [-0.2, -0.15) is 0 Å². The monoisotopic (exact) mass is 919 g/mol. The van der Waals surface area contributed by atoms with Gasteiger partial charge in [0.25, 0.3) is 7.82 Å². The van der Waals surface area contributed by atoms with Crippen molar-refractivity contribution in [3.8, 4) is 0 Å². The van der Waals surface area contributed by atoms with Crippen molar-refractivity contribution in [1.82, 2.24) is 5.32 Å². The highest BCUT2D eigenvalue weighted by Crippen LogP contribution is 2.38. The lowest BCUT2D eigenvalue weighted by Crippen LogP contribution is -2.45. The fraction of sp³-hybridized carbons (Fsp3) is 0.800. The molecule has 0 bridgehead atoms. The molecule has 8 nitrogen and oxygen atoms in total. The van der Waals surface area contributed by atoms with Gasteiger partial charge in [-0.15, -0.1) is 0 Å². The van der Waals surface area contributed by atoms with Crippen LogP contribution in [0.4, 0.5) is 0 Å². The molecule has 64 heavy (non-hydrogen) atoms. The van der Waals surface area contributed by atoms with Crippen molar-refractivity contribution >= 4 is 13.7 Å². The summed E-state index contributed by atoms with van der Waals surface area (Å²) in [5, 5.41) is 13.8. The summed E-state index contributed by atoms with van der Waals surface area (Å²) in [6.07, 6.45) is 61.4. The quantitative estimate of drug-likeness (QED) is 0.0272. The van der Waals surface area contributed by atoms with E-state index < -0.39 is 20.0 Å². The highest BCUT2D eigenvalue weighted by Gasteiger charge is 2.23. The third-order valence-corrected chi connectivity index (χ3v) is 12.7. The zero-order chi connectivity index (χ0) is 47.1. The minimum Gasteiger partial charge on any atom is -0.756 e. The maximum atomic E-state index is 12.9. The van der Waals surface area contributed by atoms with Gasteiger partial charge >= 0.3 is 0 Å². The molecule has 0 rings (SSSR count). The van der Waals surface area contributed by atoms with Crippen LogP contribution >= 0.6 is 7.82 Å². The first-order chi connectivity index (χ1) is 31.0. The Hall–Kier alpha value is -1.80. The molecule has 0 saturated carbocycles. The summed E-state index contributed by atoms with van der Waals surface area (Å²) in [5.41, 5.74) is 0. The number of aliphatic hydroxyl groups is 1. The first kappa shape index (κ1) is 62.2. The number of quaternary nitrogens is 1. The van der Waals surface area contributed by atoms with Crippen molar-refractivity contribution in [2.24, 2.45) is 0 Å². The molecule has 0 aromatic heterocycles. The first-order valence-electron chi connectivity index (χ1n) is 26.7. The van der Waals surface area contributed by atoms with Gasteiger partial charge in [0.05, 0.1) is 39.9 Å². The number of phosphoric acid groups is 1. The van der Waals surface area contributed by atoms with Crippen LogP contribution in [0.3, 0.4) is 0 Å². The molecule has 9 heteroatoms. The molecular weight excluding hydrogens is 816 g/mol. The minimum atomic E-state index is -4.59. The number of amides is 1. The fourth-order valence-electron chi connectivity index (χ4n) is 7.56. The van der Waals surface area contributed by atoms with Gasteiger partial charge in [0.15, 0.2) is 0 Å². The van der Waals surface area contributed by atoms with Crippen LogP contribution in [0.1, 0.15) is 232 Å². The summed E-state index contributed by atoms with van der Waals surface area (Å²) in [4.78, 5) is 25.4. The highest BCUT2D eigenvalue weighted by molar-refractivity contribution is 7.45. The standard InChI is InChI=1S/C55H103N2O6P/c1-6-8-10-12-14-16-18-20-22-23-24-25-26-27-28-29-30-31-32-33-35-37-39-41-43-45-47-49-55(59)56-53(52-63-64(60,61)62-51-50-57(3,4)5)54(58)48-46-44-42-40-38-36-34-21-19-17-15-13-11-9-7-2/h8,10,14,16,20,22,24-25,46,48,53-54,58H,6-7,9,11-13,15,17-19,21,23,26-45,47,49-52H2,1-5H3,(H-,56,59,60,61)/b10-8-,16-14-,22-20-,25-24-,48-46+. The van der Waals surface area contributed by atoms with Crippen LogP contribution in [0.15, 0.2) is 60.8 Å². The van der Waals surface area contributed by atoms with E-state index in [-0.39, 0.29) is 19.1 Å². The zero-order valence-corrected chi connectivity index (χ0v) is 43.4. The molecule has 0 spiro atoms. The van der Waals surface area contributed by atoms with Crippen LogP contribution in [0.5, 0.6) is 0 Å². The lowest BCUT2D eigenvalue weighted by atomic mass is 10.0. The number of hydrogen-bond donors (Lipinski definition) is 2. The number of carbonyl (C=O) groups excluding carboxylic acids is 1. The highest BCUT2D eigenvalue weighted by atomic mass is 31.2. The number of allylic oxidation sites excluding steroid dienone is 9. The predicted octanol–water partition coefficient (Wildman–Crippen LogP) is 15.1. The van der Waals surface area contributed by atoms with Gasteiger partial charge in [-0.05, 0) is 57.8 Å². The van der Waals surface area contributed by atoms with E-state index in [9.17, 15) is 19.4 Å². The van der Waals surface area contributed by atoms with Crippen LogP contribution in [0, 0.1) is 0 Å². The second kappa shape index (κ2) is 46.3. The lowest BCUT2D eigenvalue weighted by Gasteiger charge is -2.29. The summed E-state index contributed by atoms with van der Waals surface area (Å²) in [5.74, 6) is -0.199. The van der Waals surface area contributed by atoms with Crippen molar-refractivity contribution in [2.75, 3.05) is 40.9 Å². The van der Waals surface area contributed by atoms with E-state index in [0.717, 1.165) is 64.2 Å². The molecule has 2 N–H and O–H groups in total. The molecule has 0 aliphatic heterocycles. The second-order valence-corrected chi connectivity index (χ2v) is 20.6. The smallest absolute Gasteiger partial charge is 0.268 e. The van der Waals surface area contributed by atoms with Gasteiger partial charge in [-0.25, -0.2) is 0 Å². The van der Waals surface area contributed by atoms with E-state index in [1.807, 2.05) is 27.2 Å². The molecule has 0 aliphatic carbocycles. The normalized spacial score (nSPS) is 14.5. The Labute approximate surface area is 396 Å². The van der Waals surface area contributed by atoms with Gasteiger partial charge in [0.1, 0.15) is 13.2 Å². The molecule has 0 aliphatic rings. The number of nitrogens with zero attached hydrogens (tertiary/aromatic N) is 1. The fourth-order valence-corrected chi connectivity index (χ4v) is 8.28. The van der Waals surface area contributed by atoms with Crippen LogP contribution in [-0.2, 0) is 18.4 Å². The lowest BCUT2D eigenvalue weighted by molar-refractivity contribution is -0.870. The summed E-state index contributed by atoms with van der Waals surface area (Å²) in [7, 11) is 1.26. The average Bonchev–Trinajstić information content (AvgIpc) is 3.25. The van der Waals surface area contributed by atoms with Crippen LogP contribution in [-0.4, -0.2) is 68.5 Å². The van der Waals surface area contributed by atoms with Gasteiger partial charge in [-0.3, -0.25) is 9.36 Å². The number of likely N-dealkylation sites (N-methyl/N-ethyl adjacent to an activating group) is 1. The third-order valence-electron chi connectivity index (χ3n) is 11.7. The van der Waals surface area contributed by atoms with E-state index >= 15 is 0 Å². The largest absolute Gasteiger partial charge is 0.756 e. The Bertz CT molecular complexity index is 1230. The van der Waals surface area contributed by atoms with Crippen molar-refractivity contribution < 1.29 is 32.9 Å². The molecule has 3 atom stereocenters. The number of nitrogens with one attached hydrogen (secondary N) is 1. The maximum Gasteiger partial charge on any atom is 0.268 e. The van der Waals surface area contributed by atoms with E-state index in [4.69, 9.17) is 9.05 Å². The topological polar surface area (TPSA) is 108 Å². The summed E-state index contributed by atoms with van der Waals surface area (Å²) < 4.78 is 23.3. The van der Waals surface area contributed by atoms with E-state index in [2.05, 4.69) is 67.8 Å². The Morgan fingerprint density at radius 3 is 1.39 bits per heavy atom. The molecule has 0 aromatic carbocycles. The number of hydrogen-bond acceptors (Lipinski definition) is 6.